The standard InChI is InChI=1S/C20H22BrNO3/c1-12(2)17-10-5-7-13(3)18(17)22-19(23)14(4)25-20(24)15-8-6-9-16(21)11-15/h5-12,14H,1-4H3,(H,22,23)/t14-/m1/s1. The Morgan fingerprint density at radius 3 is 2.40 bits per heavy atom. The van der Waals surface area contributed by atoms with E-state index in [0.29, 0.717) is 5.56 Å². The Morgan fingerprint density at radius 1 is 1.08 bits per heavy atom. The van der Waals surface area contributed by atoms with Gasteiger partial charge in [-0.1, -0.05) is 54.0 Å². The number of hydrogen-bond acceptors (Lipinski definition) is 3. The van der Waals surface area contributed by atoms with Gasteiger partial charge in [-0.05, 0) is 49.1 Å². The van der Waals surface area contributed by atoms with Crippen molar-refractivity contribution in [1.82, 2.24) is 0 Å². The van der Waals surface area contributed by atoms with Gasteiger partial charge in [0.15, 0.2) is 6.10 Å². The molecule has 5 heteroatoms. The lowest BCUT2D eigenvalue weighted by Crippen LogP contribution is -2.30. The summed E-state index contributed by atoms with van der Waals surface area (Å²) in [5.41, 5.74) is 3.21. The number of anilines is 1. The highest BCUT2D eigenvalue weighted by molar-refractivity contribution is 9.10. The van der Waals surface area contributed by atoms with Crippen LogP contribution < -0.4 is 5.32 Å². The van der Waals surface area contributed by atoms with Gasteiger partial charge in [0.2, 0.25) is 0 Å². The fourth-order valence-corrected chi connectivity index (χ4v) is 2.86. The van der Waals surface area contributed by atoms with Crippen molar-refractivity contribution in [3.63, 3.8) is 0 Å². The van der Waals surface area contributed by atoms with Crippen LogP contribution in [0.1, 0.15) is 48.2 Å². The maximum Gasteiger partial charge on any atom is 0.338 e. The molecule has 25 heavy (non-hydrogen) atoms. The van der Waals surface area contributed by atoms with Gasteiger partial charge in [-0.25, -0.2) is 4.79 Å². The minimum absolute atomic E-state index is 0.273. The predicted octanol–water partition coefficient (Wildman–Crippen LogP) is 5.06. The van der Waals surface area contributed by atoms with Crippen LogP contribution in [0.4, 0.5) is 5.69 Å². The molecule has 0 radical (unpaired) electrons. The third kappa shape index (κ3) is 4.92. The molecule has 2 rings (SSSR count). The number of ether oxygens (including phenoxy) is 1. The topological polar surface area (TPSA) is 55.4 Å². The summed E-state index contributed by atoms with van der Waals surface area (Å²) < 4.78 is 6.07. The molecule has 2 aromatic carbocycles. The highest BCUT2D eigenvalue weighted by Crippen LogP contribution is 2.27. The lowest BCUT2D eigenvalue weighted by atomic mass is 9.98. The molecule has 1 N–H and O–H groups in total. The molecule has 1 amide bonds. The fourth-order valence-electron chi connectivity index (χ4n) is 2.46. The van der Waals surface area contributed by atoms with E-state index in [1.807, 2.05) is 31.2 Å². The molecule has 0 aliphatic carbocycles. The summed E-state index contributed by atoms with van der Waals surface area (Å²) in [6.45, 7) is 7.65. The van der Waals surface area contributed by atoms with Gasteiger partial charge in [-0.15, -0.1) is 0 Å². The Bertz CT molecular complexity index is 786. The van der Waals surface area contributed by atoms with E-state index in [4.69, 9.17) is 4.74 Å². The van der Waals surface area contributed by atoms with Crippen molar-refractivity contribution < 1.29 is 14.3 Å². The molecule has 2 aromatic rings. The van der Waals surface area contributed by atoms with Crippen molar-refractivity contribution in [3.05, 3.63) is 63.6 Å². The molecular weight excluding hydrogens is 382 g/mol. The second kappa shape index (κ2) is 8.30. The van der Waals surface area contributed by atoms with Crippen LogP contribution in [0.2, 0.25) is 0 Å². The van der Waals surface area contributed by atoms with Crippen molar-refractivity contribution >= 4 is 33.5 Å². The van der Waals surface area contributed by atoms with E-state index < -0.39 is 12.1 Å². The van der Waals surface area contributed by atoms with E-state index in [9.17, 15) is 9.59 Å². The largest absolute Gasteiger partial charge is 0.449 e. The number of hydrogen-bond donors (Lipinski definition) is 1. The van der Waals surface area contributed by atoms with Crippen LogP contribution in [-0.4, -0.2) is 18.0 Å². The van der Waals surface area contributed by atoms with Crippen molar-refractivity contribution in [2.75, 3.05) is 5.32 Å². The summed E-state index contributed by atoms with van der Waals surface area (Å²) in [4.78, 5) is 24.7. The van der Waals surface area contributed by atoms with Crippen molar-refractivity contribution in [2.24, 2.45) is 0 Å². The van der Waals surface area contributed by atoms with E-state index in [0.717, 1.165) is 21.3 Å². The van der Waals surface area contributed by atoms with Gasteiger partial charge in [0.1, 0.15) is 0 Å². The number of rotatable bonds is 5. The molecule has 0 heterocycles. The average Bonchev–Trinajstić information content (AvgIpc) is 2.56. The average molecular weight is 404 g/mol. The summed E-state index contributed by atoms with van der Waals surface area (Å²) in [7, 11) is 0. The van der Waals surface area contributed by atoms with Crippen LogP contribution in [0.25, 0.3) is 0 Å². The van der Waals surface area contributed by atoms with E-state index in [1.165, 1.54) is 0 Å². The zero-order valence-corrected chi connectivity index (χ0v) is 16.4. The second-order valence-corrected chi connectivity index (χ2v) is 7.16. The van der Waals surface area contributed by atoms with E-state index in [2.05, 4.69) is 35.1 Å². The molecular formula is C20H22BrNO3. The fraction of sp³-hybridized carbons (Fsp3) is 0.300. The van der Waals surface area contributed by atoms with E-state index in [1.54, 1.807) is 25.1 Å². The van der Waals surface area contributed by atoms with Crippen LogP contribution in [-0.2, 0) is 9.53 Å². The van der Waals surface area contributed by atoms with Gasteiger partial charge in [0.05, 0.1) is 5.56 Å². The summed E-state index contributed by atoms with van der Waals surface area (Å²) in [5.74, 6) is -0.605. The van der Waals surface area contributed by atoms with E-state index >= 15 is 0 Å². The number of aryl methyl sites for hydroxylation is 1. The minimum Gasteiger partial charge on any atom is -0.449 e. The number of amides is 1. The molecule has 0 aliphatic heterocycles. The van der Waals surface area contributed by atoms with Gasteiger partial charge in [-0.2, -0.15) is 0 Å². The number of benzene rings is 2. The molecule has 4 nitrogen and oxygen atoms in total. The zero-order chi connectivity index (χ0) is 18.6. The second-order valence-electron chi connectivity index (χ2n) is 6.24. The molecule has 0 aliphatic rings. The summed E-state index contributed by atoms with van der Waals surface area (Å²) in [6.07, 6.45) is -0.897. The molecule has 0 fully saturated rings. The lowest BCUT2D eigenvalue weighted by molar-refractivity contribution is -0.123. The molecule has 0 saturated carbocycles. The first-order valence-electron chi connectivity index (χ1n) is 8.16. The van der Waals surface area contributed by atoms with Crippen molar-refractivity contribution in [3.8, 4) is 0 Å². The molecule has 1 atom stereocenters. The molecule has 0 unspecified atom stereocenters. The normalized spacial score (nSPS) is 11.9. The SMILES string of the molecule is Cc1cccc(C(C)C)c1NC(=O)[C@@H](C)OC(=O)c1cccc(Br)c1. The summed E-state index contributed by atoms with van der Waals surface area (Å²) in [6, 6.07) is 12.8. The van der Waals surface area contributed by atoms with Gasteiger partial charge in [0.25, 0.3) is 5.91 Å². The van der Waals surface area contributed by atoms with Gasteiger partial charge < -0.3 is 10.1 Å². The molecule has 0 bridgehead atoms. The van der Waals surface area contributed by atoms with Crippen LogP contribution in [0.5, 0.6) is 0 Å². The zero-order valence-electron chi connectivity index (χ0n) is 14.8. The highest BCUT2D eigenvalue weighted by Gasteiger charge is 2.21. The van der Waals surface area contributed by atoms with Crippen LogP contribution in [0, 0.1) is 6.92 Å². The third-order valence-corrected chi connectivity index (χ3v) is 4.38. The Hall–Kier alpha value is -2.14. The smallest absolute Gasteiger partial charge is 0.338 e. The number of carbonyl (C=O) groups excluding carboxylic acids is 2. The number of para-hydroxylation sites is 1. The molecule has 0 aromatic heterocycles. The minimum atomic E-state index is -0.897. The monoisotopic (exact) mass is 403 g/mol. The lowest BCUT2D eigenvalue weighted by Gasteiger charge is -2.19. The van der Waals surface area contributed by atoms with Crippen molar-refractivity contribution in [2.45, 2.75) is 39.7 Å². The third-order valence-electron chi connectivity index (χ3n) is 3.89. The number of halogens is 1. The van der Waals surface area contributed by atoms with Crippen LogP contribution >= 0.6 is 15.9 Å². The first kappa shape index (κ1) is 19.2. The number of nitrogens with one attached hydrogen (secondary N) is 1. The van der Waals surface area contributed by atoms with Gasteiger partial charge in [0, 0.05) is 10.2 Å². The Balaban J connectivity index is 2.10. The maximum absolute atomic E-state index is 12.5. The Labute approximate surface area is 156 Å². The molecule has 132 valence electrons. The molecule has 0 spiro atoms. The first-order valence-corrected chi connectivity index (χ1v) is 8.95. The summed E-state index contributed by atoms with van der Waals surface area (Å²) >= 11 is 3.31. The van der Waals surface area contributed by atoms with Crippen LogP contribution in [0.15, 0.2) is 46.9 Å². The number of esters is 1. The maximum atomic E-state index is 12.5. The highest BCUT2D eigenvalue weighted by atomic mass is 79.9. The van der Waals surface area contributed by atoms with Gasteiger partial charge in [-0.3, -0.25) is 4.79 Å². The number of carbonyl (C=O) groups is 2. The Kier molecular flexibility index (Phi) is 6.37. The quantitative estimate of drug-likeness (QED) is 0.709. The molecule has 0 saturated heterocycles. The van der Waals surface area contributed by atoms with Crippen LogP contribution in [0.3, 0.4) is 0 Å². The summed E-state index contributed by atoms with van der Waals surface area (Å²) in [5, 5.41) is 2.90. The Morgan fingerprint density at radius 2 is 1.76 bits per heavy atom. The predicted molar refractivity (Wildman–Crippen MR) is 103 cm³/mol. The van der Waals surface area contributed by atoms with E-state index in [-0.39, 0.29) is 11.8 Å². The van der Waals surface area contributed by atoms with Gasteiger partial charge >= 0.3 is 5.97 Å². The first-order chi connectivity index (χ1) is 11.8. The van der Waals surface area contributed by atoms with Crippen molar-refractivity contribution in [1.29, 1.82) is 0 Å².